The van der Waals surface area contributed by atoms with E-state index in [2.05, 4.69) is 25.7 Å². The van der Waals surface area contributed by atoms with Gasteiger partial charge in [0.2, 0.25) is 0 Å². The van der Waals surface area contributed by atoms with Crippen molar-refractivity contribution in [1.29, 1.82) is 0 Å². The molecule has 0 aliphatic heterocycles. The summed E-state index contributed by atoms with van der Waals surface area (Å²) in [7, 11) is 0. The van der Waals surface area contributed by atoms with Crippen molar-refractivity contribution in [3.63, 3.8) is 0 Å². The highest BCUT2D eigenvalue weighted by atomic mass is 16.5. The van der Waals surface area contributed by atoms with Crippen LogP contribution in [0.4, 0.5) is 0 Å². The predicted octanol–water partition coefficient (Wildman–Crippen LogP) is 2.71. The highest BCUT2D eigenvalue weighted by Crippen LogP contribution is 2.35. The maximum Gasteiger partial charge on any atom is 0.0672 e. The highest BCUT2D eigenvalue weighted by Gasteiger charge is 2.34. The molecule has 3 N–H and O–H groups in total. The Morgan fingerprint density at radius 1 is 1.42 bits per heavy atom. The molecule has 1 aliphatic carbocycles. The van der Waals surface area contributed by atoms with Crippen LogP contribution >= 0.6 is 0 Å². The van der Waals surface area contributed by atoms with Crippen molar-refractivity contribution in [1.82, 2.24) is 5.32 Å². The van der Waals surface area contributed by atoms with E-state index in [1.54, 1.807) is 0 Å². The molecule has 0 amide bonds. The number of rotatable bonds is 8. The largest absolute Gasteiger partial charge is 0.376 e. The summed E-state index contributed by atoms with van der Waals surface area (Å²) >= 11 is 0. The Labute approximate surface area is 119 Å². The molecule has 112 valence electrons. The summed E-state index contributed by atoms with van der Waals surface area (Å²) in [6.45, 7) is 13.5. The molecule has 0 aromatic rings. The lowest BCUT2D eigenvalue weighted by atomic mass is 9.73. The molecule has 0 radical (unpaired) electrons. The van der Waals surface area contributed by atoms with Crippen LogP contribution in [0.1, 0.15) is 46.5 Å². The first-order valence-corrected chi connectivity index (χ1v) is 7.66. The van der Waals surface area contributed by atoms with Gasteiger partial charge in [-0.05, 0) is 44.4 Å². The molecule has 0 spiro atoms. The molecule has 0 aromatic heterocycles. The lowest BCUT2D eigenvalue weighted by Gasteiger charge is -2.41. The average molecular weight is 268 g/mol. The van der Waals surface area contributed by atoms with Crippen LogP contribution < -0.4 is 11.1 Å². The third-order valence-electron chi connectivity index (χ3n) is 4.42. The van der Waals surface area contributed by atoms with E-state index in [0.29, 0.717) is 6.61 Å². The van der Waals surface area contributed by atoms with E-state index in [1.807, 2.05) is 6.92 Å². The fraction of sp³-hybridized carbons (Fsp3) is 0.875. The summed E-state index contributed by atoms with van der Waals surface area (Å²) in [6.07, 6.45) is 5.00. The smallest absolute Gasteiger partial charge is 0.0672 e. The van der Waals surface area contributed by atoms with Crippen LogP contribution in [-0.2, 0) is 4.74 Å². The van der Waals surface area contributed by atoms with Gasteiger partial charge in [0, 0.05) is 18.6 Å². The van der Waals surface area contributed by atoms with Crippen molar-refractivity contribution in [2.75, 3.05) is 26.3 Å². The Morgan fingerprint density at radius 2 is 2.05 bits per heavy atom. The van der Waals surface area contributed by atoms with Crippen LogP contribution in [0.2, 0.25) is 0 Å². The molecular weight excluding hydrogens is 236 g/mol. The van der Waals surface area contributed by atoms with Crippen molar-refractivity contribution >= 4 is 0 Å². The minimum Gasteiger partial charge on any atom is -0.376 e. The van der Waals surface area contributed by atoms with Gasteiger partial charge in [-0.3, -0.25) is 0 Å². The summed E-state index contributed by atoms with van der Waals surface area (Å²) < 4.78 is 5.53. The molecule has 0 bridgehead atoms. The van der Waals surface area contributed by atoms with Crippen LogP contribution in [0.5, 0.6) is 0 Å². The molecule has 1 aliphatic rings. The number of nitrogens with one attached hydrogen (secondary N) is 1. The Kier molecular flexibility index (Phi) is 7.05. The van der Waals surface area contributed by atoms with E-state index in [0.717, 1.165) is 37.1 Å². The quantitative estimate of drug-likeness (QED) is 0.525. The molecule has 3 nitrogen and oxygen atoms in total. The molecule has 0 saturated heterocycles. The number of ether oxygens (including phenoxy) is 1. The molecule has 0 unspecified atom stereocenters. The molecule has 1 saturated carbocycles. The Morgan fingerprint density at radius 3 is 2.53 bits per heavy atom. The van der Waals surface area contributed by atoms with Gasteiger partial charge in [-0.15, -0.1) is 0 Å². The minimum atomic E-state index is 0.151. The lowest BCUT2D eigenvalue weighted by Crippen LogP contribution is -2.54. The third kappa shape index (κ3) is 5.64. The van der Waals surface area contributed by atoms with Crippen molar-refractivity contribution in [3.8, 4) is 0 Å². The molecule has 1 rings (SSSR count). The van der Waals surface area contributed by atoms with Gasteiger partial charge >= 0.3 is 0 Å². The number of hydrogen-bond donors (Lipinski definition) is 2. The van der Waals surface area contributed by atoms with Gasteiger partial charge in [0.05, 0.1) is 13.2 Å². The first-order chi connectivity index (χ1) is 8.99. The zero-order valence-electron chi connectivity index (χ0n) is 13.0. The number of nitrogens with two attached hydrogens (primary N) is 1. The van der Waals surface area contributed by atoms with E-state index >= 15 is 0 Å². The molecule has 3 heteroatoms. The van der Waals surface area contributed by atoms with Gasteiger partial charge in [-0.2, -0.15) is 0 Å². The van der Waals surface area contributed by atoms with E-state index in [9.17, 15) is 0 Å². The standard InChI is InChI=1S/C16H32N2O/c1-13(2)11-19-10-9-18-16(12-17)7-5-15(6-8-16)14(3)4/h14-15,18H,1,5-12,17H2,2-4H3. The average Bonchev–Trinajstić information content (AvgIpc) is 2.38. The van der Waals surface area contributed by atoms with Crippen LogP contribution in [0.15, 0.2) is 12.2 Å². The maximum atomic E-state index is 6.01. The van der Waals surface area contributed by atoms with Gasteiger partial charge in [0.1, 0.15) is 0 Å². The first-order valence-electron chi connectivity index (χ1n) is 7.66. The maximum absolute atomic E-state index is 6.01. The van der Waals surface area contributed by atoms with Crippen molar-refractivity contribution < 1.29 is 4.74 Å². The second-order valence-electron chi connectivity index (χ2n) is 6.50. The molecule has 0 aromatic carbocycles. The minimum absolute atomic E-state index is 0.151. The Bertz CT molecular complexity index is 268. The molecule has 19 heavy (non-hydrogen) atoms. The van der Waals surface area contributed by atoms with E-state index in [-0.39, 0.29) is 5.54 Å². The third-order valence-corrected chi connectivity index (χ3v) is 4.42. The van der Waals surface area contributed by atoms with Gasteiger partial charge in [-0.25, -0.2) is 0 Å². The molecule has 0 atom stereocenters. The van der Waals surface area contributed by atoms with Crippen LogP contribution in [0, 0.1) is 11.8 Å². The van der Waals surface area contributed by atoms with Crippen LogP contribution in [-0.4, -0.2) is 31.8 Å². The summed E-state index contributed by atoms with van der Waals surface area (Å²) in [4.78, 5) is 0. The predicted molar refractivity (Wildman–Crippen MR) is 82.2 cm³/mol. The highest BCUT2D eigenvalue weighted by molar-refractivity contribution is 4.94. The zero-order chi connectivity index (χ0) is 14.3. The Balaban J connectivity index is 2.27. The van der Waals surface area contributed by atoms with E-state index < -0.39 is 0 Å². The first kappa shape index (κ1) is 16.7. The van der Waals surface area contributed by atoms with Crippen molar-refractivity contribution in [2.24, 2.45) is 17.6 Å². The van der Waals surface area contributed by atoms with E-state index in [4.69, 9.17) is 10.5 Å². The van der Waals surface area contributed by atoms with Crippen molar-refractivity contribution in [3.05, 3.63) is 12.2 Å². The Hall–Kier alpha value is -0.380. The molecule has 0 heterocycles. The fourth-order valence-corrected chi connectivity index (χ4v) is 2.95. The SMILES string of the molecule is C=C(C)COCCNC1(CN)CCC(C(C)C)CC1. The van der Waals surface area contributed by atoms with Gasteiger partial charge in [0.25, 0.3) is 0 Å². The fourth-order valence-electron chi connectivity index (χ4n) is 2.95. The van der Waals surface area contributed by atoms with Gasteiger partial charge in [0.15, 0.2) is 0 Å². The van der Waals surface area contributed by atoms with Crippen LogP contribution in [0.25, 0.3) is 0 Å². The topological polar surface area (TPSA) is 47.3 Å². The van der Waals surface area contributed by atoms with Crippen LogP contribution in [0.3, 0.4) is 0 Å². The molecular formula is C16H32N2O. The summed E-state index contributed by atoms with van der Waals surface area (Å²) in [5.41, 5.74) is 7.23. The lowest BCUT2D eigenvalue weighted by molar-refractivity contribution is 0.126. The monoisotopic (exact) mass is 268 g/mol. The summed E-state index contributed by atoms with van der Waals surface area (Å²) in [6, 6.07) is 0. The second kappa shape index (κ2) is 8.03. The summed E-state index contributed by atoms with van der Waals surface area (Å²) in [5.74, 6) is 1.68. The zero-order valence-corrected chi connectivity index (χ0v) is 13.0. The summed E-state index contributed by atoms with van der Waals surface area (Å²) in [5, 5.41) is 3.64. The van der Waals surface area contributed by atoms with Gasteiger partial charge in [-0.1, -0.05) is 26.0 Å². The number of hydrogen-bond acceptors (Lipinski definition) is 3. The molecule has 1 fully saturated rings. The normalized spacial score (nSPS) is 27.7. The van der Waals surface area contributed by atoms with Crippen molar-refractivity contribution in [2.45, 2.75) is 52.0 Å². The van der Waals surface area contributed by atoms with E-state index in [1.165, 1.54) is 25.7 Å². The van der Waals surface area contributed by atoms with Gasteiger partial charge < -0.3 is 15.8 Å². The second-order valence-corrected chi connectivity index (χ2v) is 6.50.